The highest BCUT2D eigenvalue weighted by atomic mass is 32.1. The molecule has 0 spiro atoms. The van der Waals surface area contributed by atoms with Crippen molar-refractivity contribution in [2.45, 2.75) is 32.8 Å². The Kier molecular flexibility index (Phi) is 3.38. The van der Waals surface area contributed by atoms with Gasteiger partial charge in [-0.2, -0.15) is 0 Å². The smallest absolute Gasteiger partial charge is 0.0935 e. The standard InChI is InChI=1S/C11H18N2OS/c1-7-8(2)15-11(13-7)5-9-6-12-4-3-10(9)14/h9-10,12,14H,3-6H2,1-2H3. The van der Waals surface area contributed by atoms with Gasteiger partial charge in [0.2, 0.25) is 0 Å². The normalized spacial score (nSPS) is 26.9. The molecule has 84 valence electrons. The molecule has 15 heavy (non-hydrogen) atoms. The first-order chi connectivity index (χ1) is 7.16. The molecule has 3 nitrogen and oxygen atoms in total. The Bertz CT molecular complexity index is 318. The summed E-state index contributed by atoms with van der Waals surface area (Å²) in [7, 11) is 0. The van der Waals surface area contributed by atoms with E-state index in [4.69, 9.17) is 0 Å². The van der Waals surface area contributed by atoms with Gasteiger partial charge >= 0.3 is 0 Å². The largest absolute Gasteiger partial charge is 0.393 e. The number of piperidine rings is 1. The molecule has 0 bridgehead atoms. The molecule has 2 N–H and O–H groups in total. The molecule has 1 saturated heterocycles. The molecule has 0 aliphatic carbocycles. The maximum Gasteiger partial charge on any atom is 0.0935 e. The van der Waals surface area contributed by atoms with Crippen molar-refractivity contribution >= 4 is 11.3 Å². The number of aryl methyl sites for hydroxylation is 2. The third-order valence-electron chi connectivity index (χ3n) is 3.08. The van der Waals surface area contributed by atoms with Crippen LogP contribution < -0.4 is 5.32 Å². The molecular weight excluding hydrogens is 208 g/mol. The second kappa shape index (κ2) is 4.60. The highest BCUT2D eigenvalue weighted by Crippen LogP contribution is 2.22. The van der Waals surface area contributed by atoms with Gasteiger partial charge in [0, 0.05) is 23.8 Å². The van der Waals surface area contributed by atoms with Crippen LogP contribution in [0.3, 0.4) is 0 Å². The Labute approximate surface area is 94.5 Å². The van der Waals surface area contributed by atoms with Crippen LogP contribution >= 0.6 is 11.3 Å². The molecule has 1 aromatic heterocycles. The zero-order chi connectivity index (χ0) is 10.8. The second-order valence-electron chi connectivity index (χ2n) is 4.27. The zero-order valence-electron chi connectivity index (χ0n) is 9.29. The van der Waals surface area contributed by atoms with E-state index in [1.807, 2.05) is 6.92 Å². The number of aliphatic hydroxyl groups excluding tert-OH is 1. The lowest BCUT2D eigenvalue weighted by Crippen LogP contribution is -2.40. The van der Waals surface area contributed by atoms with Gasteiger partial charge in [-0.1, -0.05) is 0 Å². The van der Waals surface area contributed by atoms with Gasteiger partial charge in [-0.25, -0.2) is 4.98 Å². The maximum atomic E-state index is 9.84. The van der Waals surface area contributed by atoms with Crippen molar-refractivity contribution in [3.63, 3.8) is 0 Å². The van der Waals surface area contributed by atoms with Crippen LogP contribution in [0.15, 0.2) is 0 Å². The average Bonchev–Trinajstić information content (AvgIpc) is 2.50. The quantitative estimate of drug-likeness (QED) is 0.798. The van der Waals surface area contributed by atoms with Gasteiger partial charge in [0.1, 0.15) is 0 Å². The predicted octanol–water partition coefficient (Wildman–Crippen LogP) is 1.27. The van der Waals surface area contributed by atoms with Gasteiger partial charge < -0.3 is 10.4 Å². The van der Waals surface area contributed by atoms with E-state index in [9.17, 15) is 5.11 Å². The average molecular weight is 226 g/mol. The molecule has 4 heteroatoms. The van der Waals surface area contributed by atoms with Gasteiger partial charge in [0.15, 0.2) is 0 Å². The number of aliphatic hydroxyl groups is 1. The fourth-order valence-corrected chi connectivity index (χ4v) is 2.99. The lowest BCUT2D eigenvalue weighted by Gasteiger charge is -2.27. The lowest BCUT2D eigenvalue weighted by atomic mass is 9.93. The third-order valence-corrected chi connectivity index (χ3v) is 4.17. The minimum absolute atomic E-state index is 0.157. The summed E-state index contributed by atoms with van der Waals surface area (Å²) in [5.74, 6) is 0.337. The van der Waals surface area contributed by atoms with Crippen molar-refractivity contribution in [3.8, 4) is 0 Å². The van der Waals surface area contributed by atoms with Gasteiger partial charge in [0.25, 0.3) is 0 Å². The SMILES string of the molecule is Cc1nc(CC2CNCCC2O)sc1C. The van der Waals surface area contributed by atoms with Gasteiger partial charge in [-0.05, 0) is 26.8 Å². The first kappa shape index (κ1) is 11.0. The monoisotopic (exact) mass is 226 g/mol. The summed E-state index contributed by atoms with van der Waals surface area (Å²) in [6, 6.07) is 0. The van der Waals surface area contributed by atoms with Crippen molar-refractivity contribution in [1.82, 2.24) is 10.3 Å². The Morgan fingerprint density at radius 1 is 1.53 bits per heavy atom. The van der Waals surface area contributed by atoms with Crippen molar-refractivity contribution < 1.29 is 5.11 Å². The van der Waals surface area contributed by atoms with Crippen molar-refractivity contribution in [2.75, 3.05) is 13.1 Å². The molecular formula is C11H18N2OS. The van der Waals surface area contributed by atoms with Crippen LogP contribution in [0.1, 0.15) is 22.0 Å². The summed E-state index contributed by atoms with van der Waals surface area (Å²) in [5.41, 5.74) is 1.13. The summed E-state index contributed by atoms with van der Waals surface area (Å²) in [6.45, 7) is 6.00. The Hall–Kier alpha value is -0.450. The van der Waals surface area contributed by atoms with Gasteiger partial charge in [-0.3, -0.25) is 0 Å². The first-order valence-corrected chi connectivity index (χ1v) is 6.30. The Morgan fingerprint density at radius 3 is 2.93 bits per heavy atom. The zero-order valence-corrected chi connectivity index (χ0v) is 10.1. The maximum absolute atomic E-state index is 9.84. The number of hydrogen-bond donors (Lipinski definition) is 2. The van der Waals surface area contributed by atoms with Crippen LogP contribution in [-0.2, 0) is 6.42 Å². The van der Waals surface area contributed by atoms with E-state index < -0.39 is 0 Å². The van der Waals surface area contributed by atoms with Crippen LogP contribution in [-0.4, -0.2) is 29.3 Å². The number of rotatable bonds is 2. The molecule has 0 saturated carbocycles. The molecule has 2 atom stereocenters. The molecule has 1 aliphatic rings. The highest BCUT2D eigenvalue weighted by molar-refractivity contribution is 7.11. The number of nitrogens with zero attached hydrogens (tertiary/aromatic N) is 1. The Morgan fingerprint density at radius 2 is 2.33 bits per heavy atom. The van der Waals surface area contributed by atoms with Crippen LogP contribution in [0.25, 0.3) is 0 Å². The van der Waals surface area contributed by atoms with E-state index in [1.165, 1.54) is 4.88 Å². The summed E-state index contributed by atoms with van der Waals surface area (Å²) >= 11 is 1.76. The summed E-state index contributed by atoms with van der Waals surface area (Å²) in [5, 5.41) is 14.3. The minimum Gasteiger partial charge on any atom is -0.393 e. The molecule has 2 heterocycles. The van der Waals surface area contributed by atoms with E-state index in [0.29, 0.717) is 5.92 Å². The lowest BCUT2D eigenvalue weighted by molar-refractivity contribution is 0.0791. The van der Waals surface area contributed by atoms with Crippen LogP contribution in [0.5, 0.6) is 0 Å². The van der Waals surface area contributed by atoms with Crippen molar-refractivity contribution in [3.05, 3.63) is 15.6 Å². The number of aromatic nitrogens is 1. The molecule has 2 rings (SSSR count). The summed E-state index contributed by atoms with van der Waals surface area (Å²) in [4.78, 5) is 5.81. The van der Waals surface area contributed by atoms with Crippen LogP contribution in [0, 0.1) is 19.8 Å². The highest BCUT2D eigenvalue weighted by Gasteiger charge is 2.24. The molecule has 1 fully saturated rings. The second-order valence-corrected chi connectivity index (χ2v) is 5.56. The number of thiazole rings is 1. The van der Waals surface area contributed by atoms with E-state index in [0.717, 1.165) is 36.6 Å². The number of hydrogen-bond acceptors (Lipinski definition) is 4. The fraction of sp³-hybridized carbons (Fsp3) is 0.727. The molecule has 1 aliphatic heterocycles. The molecule has 0 radical (unpaired) electrons. The number of nitrogens with one attached hydrogen (secondary N) is 1. The van der Waals surface area contributed by atoms with Crippen molar-refractivity contribution in [1.29, 1.82) is 0 Å². The van der Waals surface area contributed by atoms with E-state index in [1.54, 1.807) is 11.3 Å². The van der Waals surface area contributed by atoms with Gasteiger partial charge in [-0.15, -0.1) is 11.3 Å². The third kappa shape index (κ3) is 2.56. The van der Waals surface area contributed by atoms with Crippen LogP contribution in [0.4, 0.5) is 0 Å². The van der Waals surface area contributed by atoms with E-state index >= 15 is 0 Å². The van der Waals surface area contributed by atoms with Crippen molar-refractivity contribution in [2.24, 2.45) is 5.92 Å². The van der Waals surface area contributed by atoms with Crippen LogP contribution in [0.2, 0.25) is 0 Å². The predicted molar refractivity (Wildman–Crippen MR) is 62.3 cm³/mol. The molecule has 0 aromatic carbocycles. The molecule has 2 unspecified atom stereocenters. The minimum atomic E-state index is -0.157. The molecule has 0 amide bonds. The fourth-order valence-electron chi connectivity index (χ4n) is 1.97. The van der Waals surface area contributed by atoms with E-state index in [-0.39, 0.29) is 6.10 Å². The Balaban J connectivity index is 2.01. The topological polar surface area (TPSA) is 45.2 Å². The first-order valence-electron chi connectivity index (χ1n) is 5.48. The molecule has 1 aromatic rings. The van der Waals surface area contributed by atoms with E-state index in [2.05, 4.69) is 17.2 Å². The summed E-state index contributed by atoms with van der Waals surface area (Å²) in [6.07, 6.45) is 1.62. The summed E-state index contributed by atoms with van der Waals surface area (Å²) < 4.78 is 0. The van der Waals surface area contributed by atoms with Gasteiger partial charge in [0.05, 0.1) is 16.8 Å².